The van der Waals surface area contributed by atoms with Crippen LogP contribution in [-0.2, 0) is 4.79 Å². The molecule has 1 aromatic carbocycles. The SMILES string of the molecule is CC[C@@H](C)[C@@H](CO)NC(=O)c1ccc2c(c1)NC(=O)CO2. The van der Waals surface area contributed by atoms with Crippen LogP contribution in [0.25, 0.3) is 0 Å². The number of rotatable bonds is 5. The molecule has 2 rings (SSSR count). The summed E-state index contributed by atoms with van der Waals surface area (Å²) in [5, 5.41) is 14.8. The molecule has 0 radical (unpaired) electrons. The number of carbonyl (C=O) groups is 2. The van der Waals surface area contributed by atoms with E-state index in [1.807, 2.05) is 13.8 Å². The molecule has 2 amide bonds. The van der Waals surface area contributed by atoms with Crippen molar-refractivity contribution in [1.82, 2.24) is 5.32 Å². The van der Waals surface area contributed by atoms with Crippen LogP contribution in [0.4, 0.5) is 5.69 Å². The van der Waals surface area contributed by atoms with Gasteiger partial charge in [-0.2, -0.15) is 0 Å². The van der Waals surface area contributed by atoms with Gasteiger partial charge in [-0.3, -0.25) is 9.59 Å². The van der Waals surface area contributed by atoms with Gasteiger partial charge in [0.05, 0.1) is 18.3 Å². The maximum Gasteiger partial charge on any atom is 0.262 e. The first-order chi connectivity index (χ1) is 10.0. The summed E-state index contributed by atoms with van der Waals surface area (Å²) in [4.78, 5) is 23.5. The van der Waals surface area contributed by atoms with Gasteiger partial charge in [0.1, 0.15) is 5.75 Å². The van der Waals surface area contributed by atoms with Crippen LogP contribution >= 0.6 is 0 Å². The molecule has 0 saturated heterocycles. The maximum atomic E-state index is 12.2. The predicted octanol–water partition coefficient (Wildman–Crippen LogP) is 1.15. The average molecular weight is 292 g/mol. The van der Waals surface area contributed by atoms with Gasteiger partial charge in [0.25, 0.3) is 11.8 Å². The fraction of sp³-hybridized carbons (Fsp3) is 0.467. The van der Waals surface area contributed by atoms with Crippen molar-refractivity contribution in [3.8, 4) is 5.75 Å². The number of hydrogen-bond acceptors (Lipinski definition) is 4. The standard InChI is InChI=1S/C15H20N2O4/c1-3-9(2)12(7-18)17-15(20)10-4-5-13-11(6-10)16-14(19)8-21-13/h4-6,9,12,18H,3,7-8H2,1-2H3,(H,16,19)(H,17,20)/t9-,12-/m1/s1. The number of carbonyl (C=O) groups excluding carboxylic acids is 2. The van der Waals surface area contributed by atoms with E-state index in [9.17, 15) is 14.7 Å². The minimum absolute atomic E-state index is 0.0147. The molecule has 3 N–H and O–H groups in total. The van der Waals surface area contributed by atoms with Crippen molar-refractivity contribution >= 4 is 17.5 Å². The quantitative estimate of drug-likeness (QED) is 0.760. The van der Waals surface area contributed by atoms with Crippen molar-refractivity contribution in [3.63, 3.8) is 0 Å². The topological polar surface area (TPSA) is 87.7 Å². The van der Waals surface area contributed by atoms with Gasteiger partial charge in [-0.1, -0.05) is 20.3 Å². The third-order valence-electron chi connectivity index (χ3n) is 3.72. The third kappa shape index (κ3) is 3.52. The van der Waals surface area contributed by atoms with Crippen LogP contribution in [0.5, 0.6) is 5.75 Å². The Labute approximate surface area is 123 Å². The Balaban J connectivity index is 2.12. The van der Waals surface area contributed by atoms with E-state index in [4.69, 9.17) is 4.74 Å². The number of hydrogen-bond donors (Lipinski definition) is 3. The summed E-state index contributed by atoms with van der Waals surface area (Å²) in [6, 6.07) is 4.58. The molecule has 21 heavy (non-hydrogen) atoms. The van der Waals surface area contributed by atoms with Crippen molar-refractivity contribution in [1.29, 1.82) is 0 Å². The number of fused-ring (bicyclic) bond motifs is 1. The Hall–Kier alpha value is -2.08. The summed E-state index contributed by atoms with van der Waals surface area (Å²) >= 11 is 0. The normalized spacial score (nSPS) is 16.2. The fourth-order valence-electron chi connectivity index (χ4n) is 2.13. The highest BCUT2D eigenvalue weighted by molar-refractivity contribution is 5.99. The van der Waals surface area contributed by atoms with Crippen molar-refractivity contribution in [3.05, 3.63) is 23.8 Å². The molecule has 1 heterocycles. The Kier molecular flexibility index (Phi) is 4.80. The summed E-state index contributed by atoms with van der Waals surface area (Å²) < 4.78 is 5.24. The molecule has 0 aliphatic carbocycles. The Morgan fingerprint density at radius 1 is 1.52 bits per heavy atom. The van der Waals surface area contributed by atoms with Crippen LogP contribution in [0.15, 0.2) is 18.2 Å². The molecular weight excluding hydrogens is 272 g/mol. The molecular formula is C15H20N2O4. The third-order valence-corrected chi connectivity index (χ3v) is 3.72. The monoisotopic (exact) mass is 292 g/mol. The highest BCUT2D eigenvalue weighted by Gasteiger charge is 2.21. The zero-order valence-corrected chi connectivity index (χ0v) is 12.2. The van der Waals surface area contributed by atoms with Crippen LogP contribution in [0.2, 0.25) is 0 Å². The molecule has 2 atom stereocenters. The molecule has 0 unspecified atom stereocenters. The zero-order chi connectivity index (χ0) is 15.4. The molecule has 0 bridgehead atoms. The Bertz CT molecular complexity index is 544. The van der Waals surface area contributed by atoms with Gasteiger partial charge in [0.2, 0.25) is 0 Å². The lowest BCUT2D eigenvalue weighted by atomic mass is 9.99. The molecule has 1 aliphatic rings. The van der Waals surface area contributed by atoms with Gasteiger partial charge in [-0.05, 0) is 24.1 Å². The van der Waals surface area contributed by atoms with E-state index in [2.05, 4.69) is 10.6 Å². The van der Waals surface area contributed by atoms with Crippen molar-refractivity contribution < 1.29 is 19.4 Å². The smallest absolute Gasteiger partial charge is 0.262 e. The van der Waals surface area contributed by atoms with Crippen molar-refractivity contribution in [2.75, 3.05) is 18.5 Å². The summed E-state index contributed by atoms with van der Waals surface area (Å²) in [7, 11) is 0. The highest BCUT2D eigenvalue weighted by atomic mass is 16.5. The molecule has 0 spiro atoms. The van der Waals surface area contributed by atoms with E-state index in [0.717, 1.165) is 6.42 Å². The lowest BCUT2D eigenvalue weighted by molar-refractivity contribution is -0.118. The minimum atomic E-state index is -0.288. The van der Waals surface area contributed by atoms with E-state index in [1.165, 1.54) is 0 Å². The first kappa shape index (κ1) is 15.3. The molecule has 1 aliphatic heterocycles. The second-order valence-electron chi connectivity index (χ2n) is 5.20. The molecule has 114 valence electrons. The van der Waals surface area contributed by atoms with Crippen LogP contribution in [0.3, 0.4) is 0 Å². The first-order valence-electron chi connectivity index (χ1n) is 7.03. The number of ether oxygens (including phenoxy) is 1. The number of benzene rings is 1. The maximum absolute atomic E-state index is 12.2. The Morgan fingerprint density at radius 2 is 2.29 bits per heavy atom. The summed E-state index contributed by atoms with van der Waals surface area (Å²) in [5.41, 5.74) is 0.907. The van der Waals surface area contributed by atoms with Crippen LogP contribution in [0.1, 0.15) is 30.6 Å². The van der Waals surface area contributed by atoms with E-state index >= 15 is 0 Å². The van der Waals surface area contributed by atoms with Crippen molar-refractivity contribution in [2.24, 2.45) is 5.92 Å². The zero-order valence-electron chi connectivity index (χ0n) is 12.2. The van der Waals surface area contributed by atoms with Crippen LogP contribution < -0.4 is 15.4 Å². The predicted molar refractivity (Wildman–Crippen MR) is 78.4 cm³/mol. The number of anilines is 1. The molecule has 6 heteroatoms. The summed E-state index contributed by atoms with van der Waals surface area (Å²) in [6.45, 7) is 3.86. The van der Waals surface area contributed by atoms with E-state index < -0.39 is 0 Å². The van der Waals surface area contributed by atoms with E-state index in [-0.39, 0.29) is 37.0 Å². The largest absolute Gasteiger partial charge is 0.482 e. The van der Waals surface area contributed by atoms with Gasteiger partial charge < -0.3 is 20.5 Å². The second-order valence-corrected chi connectivity index (χ2v) is 5.20. The molecule has 6 nitrogen and oxygen atoms in total. The fourth-order valence-corrected chi connectivity index (χ4v) is 2.13. The van der Waals surface area contributed by atoms with Gasteiger partial charge in [0, 0.05) is 5.56 Å². The first-order valence-corrected chi connectivity index (χ1v) is 7.03. The molecule has 0 saturated carbocycles. The van der Waals surface area contributed by atoms with E-state index in [0.29, 0.717) is 17.0 Å². The number of amides is 2. The van der Waals surface area contributed by atoms with Crippen LogP contribution in [-0.4, -0.2) is 36.2 Å². The molecule has 0 fully saturated rings. The number of aliphatic hydroxyl groups is 1. The van der Waals surface area contributed by atoms with Gasteiger partial charge in [-0.15, -0.1) is 0 Å². The van der Waals surface area contributed by atoms with Gasteiger partial charge in [-0.25, -0.2) is 0 Å². The van der Waals surface area contributed by atoms with E-state index in [1.54, 1.807) is 18.2 Å². The van der Waals surface area contributed by atoms with Crippen LogP contribution in [0, 0.1) is 5.92 Å². The number of nitrogens with one attached hydrogen (secondary N) is 2. The lowest BCUT2D eigenvalue weighted by Gasteiger charge is -2.23. The average Bonchev–Trinajstić information content (AvgIpc) is 2.50. The van der Waals surface area contributed by atoms with Crippen molar-refractivity contribution in [2.45, 2.75) is 26.3 Å². The second kappa shape index (κ2) is 6.58. The van der Waals surface area contributed by atoms with Gasteiger partial charge in [0.15, 0.2) is 6.61 Å². The molecule has 0 aromatic heterocycles. The number of aliphatic hydroxyl groups excluding tert-OH is 1. The molecule has 1 aromatic rings. The highest BCUT2D eigenvalue weighted by Crippen LogP contribution is 2.28. The van der Waals surface area contributed by atoms with Gasteiger partial charge >= 0.3 is 0 Å². The Morgan fingerprint density at radius 3 is 2.95 bits per heavy atom. The summed E-state index contributed by atoms with van der Waals surface area (Å²) in [5.74, 6) is 0.205. The lowest BCUT2D eigenvalue weighted by Crippen LogP contribution is -2.41. The minimum Gasteiger partial charge on any atom is -0.482 e. The summed E-state index contributed by atoms with van der Waals surface area (Å²) in [6.07, 6.45) is 0.861.